The van der Waals surface area contributed by atoms with Gasteiger partial charge in [0.2, 0.25) is 6.79 Å². The maximum Gasteiger partial charge on any atom is 0.231 e. The van der Waals surface area contributed by atoms with Crippen LogP contribution in [0.2, 0.25) is 0 Å². The van der Waals surface area contributed by atoms with Crippen molar-refractivity contribution < 1.29 is 9.47 Å². The Morgan fingerprint density at radius 2 is 1.80 bits per heavy atom. The molecule has 0 radical (unpaired) electrons. The molecule has 4 nitrogen and oxygen atoms in total. The Bertz CT molecular complexity index is 473. The minimum absolute atomic E-state index is 0.340. The van der Waals surface area contributed by atoms with E-state index in [1.807, 2.05) is 6.07 Å². The number of benzene rings is 1. The van der Waals surface area contributed by atoms with E-state index in [2.05, 4.69) is 38.8 Å². The number of aryl methyl sites for hydroxylation is 1. The van der Waals surface area contributed by atoms with Crippen LogP contribution in [0.15, 0.2) is 16.6 Å². The predicted molar refractivity (Wildman–Crippen MR) is 82.5 cm³/mol. The summed E-state index contributed by atoms with van der Waals surface area (Å²) < 4.78 is 11.9. The highest BCUT2D eigenvalue weighted by molar-refractivity contribution is 9.10. The molecule has 110 valence electrons. The molecule has 0 bridgehead atoms. The molecule has 0 amide bonds. The van der Waals surface area contributed by atoms with E-state index in [1.54, 1.807) is 0 Å². The molecule has 20 heavy (non-hydrogen) atoms. The molecule has 0 spiro atoms. The molecule has 0 atom stereocenters. The first-order valence-corrected chi connectivity index (χ1v) is 8.00. The van der Waals surface area contributed by atoms with Crippen LogP contribution in [0, 0.1) is 0 Å². The van der Waals surface area contributed by atoms with Crippen LogP contribution in [0.25, 0.3) is 0 Å². The Labute approximate surface area is 128 Å². The number of rotatable bonds is 4. The maximum absolute atomic E-state index is 5.44. The number of hydrogen-bond donors (Lipinski definition) is 0. The van der Waals surface area contributed by atoms with Crippen molar-refractivity contribution >= 4 is 15.9 Å². The van der Waals surface area contributed by atoms with Crippen LogP contribution >= 0.6 is 15.9 Å². The van der Waals surface area contributed by atoms with Crippen LogP contribution < -0.4 is 9.47 Å². The van der Waals surface area contributed by atoms with Gasteiger partial charge in [-0.3, -0.25) is 0 Å². The Balaban J connectivity index is 1.51. The second kappa shape index (κ2) is 6.33. The Morgan fingerprint density at radius 1 is 1.10 bits per heavy atom. The van der Waals surface area contributed by atoms with E-state index in [9.17, 15) is 0 Å². The van der Waals surface area contributed by atoms with E-state index in [0.717, 1.165) is 22.4 Å². The lowest BCUT2D eigenvalue weighted by atomic mass is 10.1. The number of piperazine rings is 1. The highest BCUT2D eigenvalue weighted by Gasteiger charge is 2.17. The van der Waals surface area contributed by atoms with Gasteiger partial charge in [0.1, 0.15) is 0 Å². The van der Waals surface area contributed by atoms with Crippen molar-refractivity contribution in [3.8, 4) is 11.5 Å². The molecule has 1 aromatic carbocycles. The van der Waals surface area contributed by atoms with Gasteiger partial charge < -0.3 is 19.3 Å². The number of halogens is 1. The summed E-state index contributed by atoms with van der Waals surface area (Å²) in [5, 5.41) is 0. The third-order valence-corrected chi connectivity index (χ3v) is 4.80. The van der Waals surface area contributed by atoms with Gasteiger partial charge >= 0.3 is 0 Å². The van der Waals surface area contributed by atoms with Crippen LogP contribution in [-0.2, 0) is 6.42 Å². The number of likely N-dealkylation sites (N-methyl/N-ethyl adjacent to an activating group) is 1. The zero-order valence-electron chi connectivity index (χ0n) is 11.9. The average Bonchev–Trinajstić information content (AvgIpc) is 2.88. The molecule has 0 saturated carbocycles. The first-order chi connectivity index (χ1) is 9.72. The van der Waals surface area contributed by atoms with Crippen LogP contribution in [0.4, 0.5) is 0 Å². The van der Waals surface area contributed by atoms with Gasteiger partial charge in [-0.15, -0.1) is 0 Å². The molecular weight excluding hydrogens is 320 g/mol. The van der Waals surface area contributed by atoms with Gasteiger partial charge in [-0.05, 0) is 44.1 Å². The summed E-state index contributed by atoms with van der Waals surface area (Å²) in [6.45, 7) is 6.28. The SMILES string of the molecule is CN1CCN(CCCc2cc3c(cc2Br)OCO3)CC1. The Morgan fingerprint density at radius 3 is 2.55 bits per heavy atom. The van der Waals surface area contributed by atoms with Gasteiger partial charge in [-0.1, -0.05) is 15.9 Å². The van der Waals surface area contributed by atoms with Gasteiger partial charge in [0, 0.05) is 30.7 Å². The predicted octanol–water partition coefficient (Wildman–Crippen LogP) is 2.36. The summed E-state index contributed by atoms with van der Waals surface area (Å²) in [5.41, 5.74) is 1.31. The van der Waals surface area contributed by atoms with E-state index in [4.69, 9.17) is 9.47 Å². The first-order valence-electron chi connectivity index (χ1n) is 7.21. The molecule has 0 aliphatic carbocycles. The summed E-state index contributed by atoms with van der Waals surface area (Å²) in [5.74, 6) is 1.72. The van der Waals surface area contributed by atoms with Gasteiger partial charge in [-0.25, -0.2) is 0 Å². The molecule has 2 heterocycles. The minimum atomic E-state index is 0.340. The Hall–Kier alpha value is -0.780. The van der Waals surface area contributed by atoms with Crippen LogP contribution in [0.5, 0.6) is 11.5 Å². The lowest BCUT2D eigenvalue weighted by Crippen LogP contribution is -2.44. The van der Waals surface area contributed by atoms with E-state index >= 15 is 0 Å². The number of fused-ring (bicyclic) bond motifs is 1. The third kappa shape index (κ3) is 3.27. The molecule has 5 heteroatoms. The van der Waals surface area contributed by atoms with E-state index in [0.29, 0.717) is 6.79 Å². The van der Waals surface area contributed by atoms with Gasteiger partial charge in [0.25, 0.3) is 0 Å². The number of ether oxygens (including phenoxy) is 2. The molecule has 3 rings (SSSR count). The van der Waals surface area contributed by atoms with Crippen molar-refractivity contribution in [2.24, 2.45) is 0 Å². The molecule has 2 aliphatic heterocycles. The molecule has 2 aliphatic rings. The van der Waals surface area contributed by atoms with E-state index in [-0.39, 0.29) is 0 Å². The summed E-state index contributed by atoms with van der Waals surface area (Å²) in [6, 6.07) is 4.13. The maximum atomic E-state index is 5.44. The van der Waals surface area contributed by atoms with Crippen LogP contribution in [-0.4, -0.2) is 56.4 Å². The summed E-state index contributed by atoms with van der Waals surface area (Å²) in [7, 11) is 2.20. The summed E-state index contributed by atoms with van der Waals surface area (Å²) >= 11 is 3.63. The highest BCUT2D eigenvalue weighted by Crippen LogP contribution is 2.37. The van der Waals surface area contributed by atoms with Gasteiger partial charge in [-0.2, -0.15) is 0 Å². The largest absolute Gasteiger partial charge is 0.454 e. The normalized spacial score (nSPS) is 19.5. The van der Waals surface area contributed by atoms with Crippen LogP contribution in [0.1, 0.15) is 12.0 Å². The minimum Gasteiger partial charge on any atom is -0.454 e. The zero-order valence-corrected chi connectivity index (χ0v) is 13.5. The number of nitrogens with zero attached hydrogens (tertiary/aromatic N) is 2. The van der Waals surface area contributed by atoms with Crippen molar-refractivity contribution in [3.63, 3.8) is 0 Å². The quantitative estimate of drug-likeness (QED) is 0.840. The fraction of sp³-hybridized carbons (Fsp3) is 0.600. The molecule has 0 N–H and O–H groups in total. The first kappa shape index (κ1) is 14.2. The second-order valence-electron chi connectivity index (χ2n) is 5.55. The Kier molecular flexibility index (Phi) is 4.48. The van der Waals surface area contributed by atoms with Gasteiger partial charge in [0.05, 0.1) is 0 Å². The fourth-order valence-corrected chi connectivity index (χ4v) is 3.24. The van der Waals surface area contributed by atoms with Gasteiger partial charge in [0.15, 0.2) is 11.5 Å². The fourth-order valence-electron chi connectivity index (χ4n) is 2.72. The standard InChI is InChI=1S/C15H21BrN2O2/c1-17-5-7-18(8-6-17)4-2-3-12-9-14-15(10-13(12)16)20-11-19-14/h9-10H,2-8,11H2,1H3. The summed E-state index contributed by atoms with van der Waals surface area (Å²) in [6.07, 6.45) is 2.26. The van der Waals surface area contributed by atoms with Crippen molar-refractivity contribution in [2.45, 2.75) is 12.8 Å². The molecule has 0 aromatic heterocycles. The molecule has 1 aromatic rings. The molecule has 1 saturated heterocycles. The average molecular weight is 341 g/mol. The van der Waals surface area contributed by atoms with Crippen molar-refractivity contribution in [1.29, 1.82) is 0 Å². The molecular formula is C15H21BrN2O2. The van der Waals surface area contributed by atoms with Crippen molar-refractivity contribution in [3.05, 3.63) is 22.2 Å². The lowest BCUT2D eigenvalue weighted by Gasteiger charge is -2.32. The van der Waals surface area contributed by atoms with E-state index < -0.39 is 0 Å². The van der Waals surface area contributed by atoms with Crippen molar-refractivity contribution in [2.75, 3.05) is 46.6 Å². The number of hydrogen-bond acceptors (Lipinski definition) is 4. The molecule has 1 fully saturated rings. The third-order valence-electron chi connectivity index (χ3n) is 4.06. The molecule has 0 unspecified atom stereocenters. The second-order valence-corrected chi connectivity index (χ2v) is 6.40. The highest BCUT2D eigenvalue weighted by atomic mass is 79.9. The van der Waals surface area contributed by atoms with E-state index in [1.165, 1.54) is 44.7 Å². The monoisotopic (exact) mass is 340 g/mol. The summed E-state index contributed by atoms with van der Waals surface area (Å²) in [4.78, 5) is 4.95. The lowest BCUT2D eigenvalue weighted by molar-refractivity contribution is 0.153. The smallest absolute Gasteiger partial charge is 0.231 e. The van der Waals surface area contributed by atoms with Crippen LogP contribution in [0.3, 0.4) is 0 Å². The van der Waals surface area contributed by atoms with Crippen molar-refractivity contribution in [1.82, 2.24) is 9.80 Å². The zero-order chi connectivity index (χ0) is 13.9. The topological polar surface area (TPSA) is 24.9 Å².